The van der Waals surface area contributed by atoms with Gasteiger partial charge in [-0.25, -0.2) is 15.6 Å². The van der Waals surface area contributed by atoms with E-state index >= 15 is 0 Å². The minimum atomic E-state index is -1.27. The van der Waals surface area contributed by atoms with Crippen molar-refractivity contribution in [2.24, 2.45) is 5.84 Å². The smallest absolute Gasteiger partial charge is 0.427 e. The number of hydrazine groups is 1. The van der Waals surface area contributed by atoms with Crippen molar-refractivity contribution in [2.75, 3.05) is 5.01 Å². The van der Waals surface area contributed by atoms with E-state index in [0.29, 0.717) is 10.0 Å². The Morgan fingerprint density at radius 3 is 2.75 bits per heavy atom. The van der Waals surface area contributed by atoms with E-state index in [1.54, 1.807) is 0 Å². The van der Waals surface area contributed by atoms with Gasteiger partial charge in [-0.15, -0.1) is 0 Å². The number of rotatable bonds is 1. The third kappa shape index (κ3) is 1.84. The highest BCUT2D eigenvalue weighted by atomic mass is 35.5. The number of carboxylic acid groups (broad SMARTS) is 1. The zero-order chi connectivity index (χ0) is 9.14. The molecule has 0 fully saturated rings. The summed E-state index contributed by atoms with van der Waals surface area (Å²) in [6.07, 6.45) is 0.0458. The molecule has 0 aromatic carbocycles. The van der Waals surface area contributed by atoms with Crippen LogP contribution in [0.25, 0.3) is 0 Å². The maximum absolute atomic E-state index is 10.3. The Balaban J connectivity index is 2.89. The highest BCUT2D eigenvalue weighted by Crippen LogP contribution is 2.11. The number of anilines is 1. The van der Waals surface area contributed by atoms with Gasteiger partial charge >= 0.3 is 6.09 Å². The number of nitrogens with zero attached hydrogens (tertiary/aromatic N) is 2. The highest BCUT2D eigenvalue weighted by Gasteiger charge is 2.09. The molecule has 1 aromatic rings. The van der Waals surface area contributed by atoms with Crippen LogP contribution < -0.4 is 10.9 Å². The van der Waals surface area contributed by atoms with Gasteiger partial charge in [-0.1, -0.05) is 11.6 Å². The zero-order valence-corrected chi connectivity index (χ0v) is 6.69. The van der Waals surface area contributed by atoms with Crippen molar-refractivity contribution in [3.8, 4) is 0 Å². The van der Waals surface area contributed by atoms with Gasteiger partial charge in [0.2, 0.25) is 0 Å². The molecule has 0 aliphatic rings. The molecule has 0 bridgehead atoms. The Labute approximate surface area is 73.3 Å². The van der Waals surface area contributed by atoms with Gasteiger partial charge in [-0.3, -0.25) is 0 Å². The maximum atomic E-state index is 10.3. The summed E-state index contributed by atoms with van der Waals surface area (Å²) in [6.45, 7) is 0. The SMILES string of the molecule is NN(C(=O)O)c1ccc(Cl)cn1. The van der Waals surface area contributed by atoms with E-state index in [1.165, 1.54) is 18.3 Å². The third-order valence-electron chi connectivity index (χ3n) is 1.16. The van der Waals surface area contributed by atoms with Crippen LogP contribution in [0.3, 0.4) is 0 Å². The fourth-order valence-electron chi connectivity index (χ4n) is 0.609. The summed E-state index contributed by atoms with van der Waals surface area (Å²) in [5.74, 6) is 5.25. The molecule has 3 N–H and O–H groups in total. The number of aromatic nitrogens is 1. The molecule has 1 rings (SSSR count). The van der Waals surface area contributed by atoms with Crippen molar-refractivity contribution >= 4 is 23.5 Å². The quantitative estimate of drug-likeness (QED) is 0.392. The number of carbonyl (C=O) groups is 1. The molecule has 64 valence electrons. The van der Waals surface area contributed by atoms with Crippen molar-refractivity contribution in [2.45, 2.75) is 0 Å². The fraction of sp³-hybridized carbons (Fsp3) is 0. The average molecular weight is 188 g/mol. The predicted octanol–water partition coefficient (Wildman–Crippen LogP) is 1.09. The molecule has 0 atom stereocenters. The highest BCUT2D eigenvalue weighted by molar-refractivity contribution is 6.30. The van der Waals surface area contributed by atoms with Crippen LogP contribution in [-0.2, 0) is 0 Å². The summed E-state index contributed by atoms with van der Waals surface area (Å²) < 4.78 is 0. The molecule has 0 saturated carbocycles. The van der Waals surface area contributed by atoms with Gasteiger partial charge in [0.15, 0.2) is 5.82 Å². The topological polar surface area (TPSA) is 79.5 Å². The van der Waals surface area contributed by atoms with E-state index < -0.39 is 6.09 Å². The van der Waals surface area contributed by atoms with Gasteiger partial charge in [0.25, 0.3) is 0 Å². The summed E-state index contributed by atoms with van der Waals surface area (Å²) >= 11 is 5.53. The van der Waals surface area contributed by atoms with Crippen LogP contribution in [0.5, 0.6) is 0 Å². The first kappa shape index (κ1) is 8.76. The molecule has 0 aliphatic carbocycles. The lowest BCUT2D eigenvalue weighted by molar-refractivity contribution is 0.201. The lowest BCUT2D eigenvalue weighted by Gasteiger charge is -2.09. The van der Waals surface area contributed by atoms with Crippen LogP contribution in [-0.4, -0.2) is 16.2 Å². The van der Waals surface area contributed by atoms with Crippen LogP contribution in [0.2, 0.25) is 5.02 Å². The first-order chi connectivity index (χ1) is 5.61. The van der Waals surface area contributed by atoms with Gasteiger partial charge in [0, 0.05) is 6.20 Å². The summed E-state index contributed by atoms with van der Waals surface area (Å²) in [7, 11) is 0. The molecule has 6 heteroatoms. The van der Waals surface area contributed by atoms with Gasteiger partial charge in [0.05, 0.1) is 5.02 Å². The molecule has 0 saturated heterocycles. The number of amides is 1. The van der Waals surface area contributed by atoms with Crippen molar-refractivity contribution < 1.29 is 9.90 Å². The second-order valence-corrected chi connectivity index (χ2v) is 2.42. The Hall–Kier alpha value is -1.33. The van der Waals surface area contributed by atoms with E-state index in [1.807, 2.05) is 0 Å². The first-order valence-electron chi connectivity index (χ1n) is 3.00. The molecular formula is C6H6ClN3O2. The standard InChI is InChI=1S/C6H6ClN3O2/c7-4-1-2-5(9-3-4)10(8)6(11)12/h1-3H,8H2,(H,11,12). The Morgan fingerprint density at radius 1 is 1.67 bits per heavy atom. The van der Waals surface area contributed by atoms with E-state index in [2.05, 4.69) is 4.98 Å². The van der Waals surface area contributed by atoms with Crippen molar-refractivity contribution in [1.29, 1.82) is 0 Å². The summed E-state index contributed by atoms with van der Waals surface area (Å²) in [5.41, 5.74) is 0. The molecule has 0 aliphatic heterocycles. The molecule has 5 nitrogen and oxygen atoms in total. The van der Waals surface area contributed by atoms with Crippen molar-refractivity contribution in [3.05, 3.63) is 23.4 Å². The lowest BCUT2D eigenvalue weighted by Crippen LogP contribution is -2.36. The number of halogens is 1. The van der Waals surface area contributed by atoms with E-state index in [0.717, 1.165) is 0 Å². The molecule has 0 spiro atoms. The Bertz CT molecular complexity index is 287. The lowest BCUT2D eigenvalue weighted by atomic mass is 10.4. The van der Waals surface area contributed by atoms with E-state index in [-0.39, 0.29) is 5.82 Å². The molecule has 1 aromatic heterocycles. The minimum Gasteiger partial charge on any atom is -0.464 e. The van der Waals surface area contributed by atoms with E-state index in [4.69, 9.17) is 22.6 Å². The number of pyridine rings is 1. The number of hydrogen-bond acceptors (Lipinski definition) is 3. The monoisotopic (exact) mass is 187 g/mol. The van der Waals surface area contributed by atoms with Gasteiger partial charge in [0.1, 0.15) is 0 Å². The van der Waals surface area contributed by atoms with E-state index in [9.17, 15) is 4.79 Å². The molecule has 0 radical (unpaired) electrons. The zero-order valence-electron chi connectivity index (χ0n) is 5.94. The van der Waals surface area contributed by atoms with Gasteiger partial charge < -0.3 is 5.11 Å². The molecule has 1 amide bonds. The second-order valence-electron chi connectivity index (χ2n) is 1.99. The van der Waals surface area contributed by atoms with Crippen LogP contribution in [0.1, 0.15) is 0 Å². The van der Waals surface area contributed by atoms with Gasteiger partial charge in [-0.05, 0) is 12.1 Å². The van der Waals surface area contributed by atoms with Gasteiger partial charge in [-0.2, -0.15) is 5.01 Å². The number of hydrogen-bond donors (Lipinski definition) is 2. The maximum Gasteiger partial charge on any atom is 0.427 e. The first-order valence-corrected chi connectivity index (χ1v) is 3.38. The van der Waals surface area contributed by atoms with Crippen LogP contribution in [0.15, 0.2) is 18.3 Å². The number of nitrogens with two attached hydrogens (primary N) is 1. The Morgan fingerprint density at radius 2 is 2.33 bits per heavy atom. The minimum absolute atomic E-state index is 0.131. The predicted molar refractivity (Wildman–Crippen MR) is 43.9 cm³/mol. The molecule has 1 heterocycles. The Kier molecular flexibility index (Phi) is 2.47. The summed E-state index contributed by atoms with van der Waals surface area (Å²) in [6, 6.07) is 2.92. The molecule has 12 heavy (non-hydrogen) atoms. The normalized spacial score (nSPS) is 9.50. The van der Waals surface area contributed by atoms with Crippen LogP contribution >= 0.6 is 11.6 Å². The molecular weight excluding hydrogens is 182 g/mol. The van der Waals surface area contributed by atoms with Crippen LogP contribution in [0.4, 0.5) is 10.6 Å². The summed E-state index contributed by atoms with van der Waals surface area (Å²) in [4.78, 5) is 14.0. The third-order valence-corrected chi connectivity index (χ3v) is 1.39. The second kappa shape index (κ2) is 3.38. The van der Waals surface area contributed by atoms with Crippen LogP contribution in [0, 0.1) is 0 Å². The van der Waals surface area contributed by atoms with Crippen molar-refractivity contribution in [3.63, 3.8) is 0 Å². The van der Waals surface area contributed by atoms with Crippen molar-refractivity contribution in [1.82, 2.24) is 4.98 Å². The fourth-order valence-corrected chi connectivity index (χ4v) is 0.720. The molecule has 0 unspecified atom stereocenters. The average Bonchev–Trinajstić information content (AvgIpc) is 2.04. The largest absolute Gasteiger partial charge is 0.464 e. The summed E-state index contributed by atoms with van der Waals surface area (Å²) in [5, 5.41) is 9.37.